The summed E-state index contributed by atoms with van der Waals surface area (Å²) in [4.78, 5) is 10.7. The lowest BCUT2D eigenvalue weighted by atomic mass is 9.87. The lowest BCUT2D eigenvalue weighted by Crippen LogP contribution is -2.23. The Bertz CT molecular complexity index is 141. The summed E-state index contributed by atoms with van der Waals surface area (Å²) in [5.41, 5.74) is -0.590. The summed E-state index contributed by atoms with van der Waals surface area (Å²) in [5, 5.41) is 8.77. The Morgan fingerprint density at radius 3 is 2.42 bits per heavy atom. The molecule has 0 aromatic heterocycles. The third kappa shape index (κ3) is 4.34. The van der Waals surface area contributed by atoms with Crippen molar-refractivity contribution in [3.63, 3.8) is 0 Å². The van der Waals surface area contributed by atoms with Crippen LogP contribution in [0.25, 0.3) is 0 Å². The number of hydrogen-bond acceptors (Lipinski definition) is 2. The second-order valence-corrected chi connectivity index (χ2v) is 3.64. The molecule has 0 saturated carbocycles. The molecule has 12 heavy (non-hydrogen) atoms. The Morgan fingerprint density at radius 1 is 1.42 bits per heavy atom. The zero-order valence-electron chi connectivity index (χ0n) is 8.09. The van der Waals surface area contributed by atoms with E-state index < -0.39 is 11.4 Å². The van der Waals surface area contributed by atoms with Crippen LogP contribution in [0.15, 0.2) is 0 Å². The van der Waals surface area contributed by atoms with Crippen molar-refractivity contribution in [1.82, 2.24) is 0 Å². The van der Waals surface area contributed by atoms with Crippen LogP contribution < -0.4 is 0 Å². The minimum atomic E-state index is -0.722. The molecule has 0 unspecified atom stereocenters. The van der Waals surface area contributed by atoms with Crippen molar-refractivity contribution in [2.45, 2.75) is 33.1 Å². The number of ether oxygens (including phenoxy) is 1. The van der Waals surface area contributed by atoms with Crippen LogP contribution in [0.2, 0.25) is 0 Å². The van der Waals surface area contributed by atoms with Crippen LogP contribution in [0, 0.1) is 5.41 Å². The maximum atomic E-state index is 10.7. The van der Waals surface area contributed by atoms with Crippen LogP contribution in [0.5, 0.6) is 0 Å². The summed E-state index contributed by atoms with van der Waals surface area (Å²) in [7, 11) is 1.66. The molecular formula is C9H18O3. The van der Waals surface area contributed by atoms with Gasteiger partial charge in [-0.3, -0.25) is 4.79 Å². The first kappa shape index (κ1) is 11.4. The molecule has 3 heteroatoms. The van der Waals surface area contributed by atoms with Gasteiger partial charge in [0.2, 0.25) is 0 Å². The molecule has 0 aliphatic carbocycles. The quantitative estimate of drug-likeness (QED) is 0.626. The third-order valence-electron chi connectivity index (χ3n) is 1.98. The van der Waals surface area contributed by atoms with E-state index in [4.69, 9.17) is 9.84 Å². The molecule has 0 rings (SSSR count). The first-order valence-electron chi connectivity index (χ1n) is 4.23. The highest BCUT2D eigenvalue weighted by Gasteiger charge is 2.25. The number of hydrogen-bond donors (Lipinski definition) is 1. The molecule has 0 fully saturated rings. The summed E-state index contributed by atoms with van der Waals surface area (Å²) < 4.78 is 4.87. The molecule has 3 nitrogen and oxygen atoms in total. The van der Waals surface area contributed by atoms with Crippen molar-refractivity contribution >= 4 is 5.97 Å². The zero-order chi connectivity index (χ0) is 9.61. The zero-order valence-corrected chi connectivity index (χ0v) is 8.09. The topological polar surface area (TPSA) is 46.5 Å². The maximum absolute atomic E-state index is 10.7. The van der Waals surface area contributed by atoms with Gasteiger partial charge in [0.1, 0.15) is 0 Å². The Balaban J connectivity index is 3.54. The van der Waals surface area contributed by atoms with E-state index in [0.717, 1.165) is 19.4 Å². The van der Waals surface area contributed by atoms with Crippen molar-refractivity contribution in [1.29, 1.82) is 0 Å². The summed E-state index contributed by atoms with van der Waals surface area (Å²) in [5.74, 6) is -0.722. The highest BCUT2D eigenvalue weighted by Crippen LogP contribution is 2.22. The van der Waals surface area contributed by atoms with Crippen LogP contribution in [-0.2, 0) is 9.53 Å². The number of rotatable bonds is 6. The Hall–Kier alpha value is -0.570. The predicted molar refractivity (Wildman–Crippen MR) is 47.1 cm³/mol. The van der Waals surface area contributed by atoms with Gasteiger partial charge in [-0.05, 0) is 26.7 Å². The molecule has 0 amide bonds. The first-order valence-corrected chi connectivity index (χ1v) is 4.23. The molecular weight excluding hydrogens is 156 g/mol. The van der Waals surface area contributed by atoms with Crippen molar-refractivity contribution in [2.24, 2.45) is 5.41 Å². The molecule has 0 aliphatic rings. The van der Waals surface area contributed by atoms with Gasteiger partial charge in [0, 0.05) is 13.7 Å². The van der Waals surface area contributed by atoms with E-state index in [1.54, 1.807) is 21.0 Å². The molecule has 72 valence electrons. The minimum absolute atomic E-state index is 0.590. The molecule has 1 N–H and O–H groups in total. The Morgan fingerprint density at radius 2 is 2.00 bits per heavy atom. The molecule has 0 bridgehead atoms. The van der Waals surface area contributed by atoms with Gasteiger partial charge in [0.15, 0.2) is 0 Å². The van der Waals surface area contributed by atoms with Crippen molar-refractivity contribution in [3.05, 3.63) is 0 Å². The van der Waals surface area contributed by atoms with Crippen molar-refractivity contribution in [3.8, 4) is 0 Å². The highest BCUT2D eigenvalue weighted by atomic mass is 16.5. The standard InChI is InChI=1S/C9H18O3/c1-9(2,8(10)11)6-4-5-7-12-3/h4-7H2,1-3H3,(H,10,11). The van der Waals surface area contributed by atoms with E-state index in [-0.39, 0.29) is 0 Å². The fraction of sp³-hybridized carbons (Fsp3) is 0.889. The Labute approximate surface area is 73.7 Å². The summed E-state index contributed by atoms with van der Waals surface area (Å²) in [6.07, 6.45) is 2.56. The van der Waals surface area contributed by atoms with Gasteiger partial charge in [-0.15, -0.1) is 0 Å². The van der Waals surface area contributed by atoms with E-state index in [9.17, 15) is 4.79 Å². The van der Waals surface area contributed by atoms with Gasteiger partial charge >= 0.3 is 5.97 Å². The molecule has 0 radical (unpaired) electrons. The lowest BCUT2D eigenvalue weighted by Gasteiger charge is -2.18. The second-order valence-electron chi connectivity index (χ2n) is 3.64. The van der Waals surface area contributed by atoms with Crippen LogP contribution in [0.4, 0.5) is 0 Å². The summed E-state index contributed by atoms with van der Waals surface area (Å²) in [6, 6.07) is 0. The van der Waals surface area contributed by atoms with Gasteiger partial charge < -0.3 is 9.84 Å². The fourth-order valence-electron chi connectivity index (χ4n) is 0.920. The fourth-order valence-corrected chi connectivity index (χ4v) is 0.920. The predicted octanol–water partition coefficient (Wildman–Crippen LogP) is 1.91. The molecule has 0 heterocycles. The third-order valence-corrected chi connectivity index (χ3v) is 1.98. The molecule has 0 saturated heterocycles. The van der Waals surface area contributed by atoms with E-state index in [1.165, 1.54) is 0 Å². The second kappa shape index (κ2) is 5.14. The Kier molecular flexibility index (Phi) is 4.90. The number of aliphatic carboxylic acids is 1. The summed E-state index contributed by atoms with van der Waals surface area (Å²) >= 11 is 0. The van der Waals surface area contributed by atoms with E-state index >= 15 is 0 Å². The monoisotopic (exact) mass is 174 g/mol. The maximum Gasteiger partial charge on any atom is 0.309 e. The van der Waals surface area contributed by atoms with Crippen molar-refractivity contribution < 1.29 is 14.6 Å². The van der Waals surface area contributed by atoms with Gasteiger partial charge in [-0.2, -0.15) is 0 Å². The minimum Gasteiger partial charge on any atom is -0.481 e. The van der Waals surface area contributed by atoms with Crippen LogP contribution in [0.1, 0.15) is 33.1 Å². The van der Waals surface area contributed by atoms with Crippen LogP contribution in [0.3, 0.4) is 0 Å². The average molecular weight is 174 g/mol. The average Bonchev–Trinajstić information content (AvgIpc) is 1.98. The number of carboxylic acid groups (broad SMARTS) is 1. The van der Waals surface area contributed by atoms with E-state index in [1.807, 2.05) is 0 Å². The van der Waals surface area contributed by atoms with Gasteiger partial charge in [0.25, 0.3) is 0 Å². The number of methoxy groups -OCH3 is 1. The summed E-state index contributed by atoms with van der Waals surface area (Å²) in [6.45, 7) is 4.22. The van der Waals surface area contributed by atoms with E-state index in [2.05, 4.69) is 0 Å². The molecule has 0 aliphatic heterocycles. The van der Waals surface area contributed by atoms with E-state index in [0.29, 0.717) is 6.42 Å². The highest BCUT2D eigenvalue weighted by molar-refractivity contribution is 5.73. The number of unbranched alkanes of at least 4 members (excludes halogenated alkanes) is 1. The molecule has 0 aromatic rings. The normalized spacial score (nSPS) is 11.6. The number of carbonyl (C=O) groups is 1. The SMILES string of the molecule is COCCCCC(C)(C)C(=O)O. The van der Waals surface area contributed by atoms with Gasteiger partial charge in [-0.1, -0.05) is 6.42 Å². The smallest absolute Gasteiger partial charge is 0.309 e. The van der Waals surface area contributed by atoms with Crippen molar-refractivity contribution in [2.75, 3.05) is 13.7 Å². The number of carboxylic acids is 1. The lowest BCUT2D eigenvalue weighted by molar-refractivity contribution is -0.147. The first-order chi connectivity index (χ1) is 5.50. The van der Waals surface area contributed by atoms with Crippen LogP contribution >= 0.6 is 0 Å². The van der Waals surface area contributed by atoms with Crippen LogP contribution in [-0.4, -0.2) is 24.8 Å². The molecule has 0 aromatic carbocycles. The van der Waals surface area contributed by atoms with Gasteiger partial charge in [-0.25, -0.2) is 0 Å². The van der Waals surface area contributed by atoms with Gasteiger partial charge in [0.05, 0.1) is 5.41 Å². The molecule has 0 spiro atoms. The largest absolute Gasteiger partial charge is 0.481 e. The molecule has 0 atom stereocenters.